The van der Waals surface area contributed by atoms with Gasteiger partial charge in [-0.2, -0.15) is 13.2 Å². The Balaban J connectivity index is 2.19. The van der Waals surface area contributed by atoms with E-state index in [2.05, 4.69) is 5.32 Å². The van der Waals surface area contributed by atoms with Gasteiger partial charge in [-0.05, 0) is 23.7 Å². The molecule has 3 amide bonds. The molecule has 2 fully saturated rings. The second-order valence-electron chi connectivity index (χ2n) is 7.72. The van der Waals surface area contributed by atoms with Crippen LogP contribution in [0, 0.1) is 23.2 Å². The zero-order valence-corrected chi connectivity index (χ0v) is 14.7. The van der Waals surface area contributed by atoms with Crippen LogP contribution in [-0.4, -0.2) is 47.4 Å². The maximum Gasteiger partial charge on any atom is 0.391 e. The number of primary amides is 1. The summed E-state index contributed by atoms with van der Waals surface area (Å²) in [5.41, 5.74) is 5.31. The van der Waals surface area contributed by atoms with Crippen LogP contribution in [0.15, 0.2) is 0 Å². The van der Waals surface area contributed by atoms with E-state index in [9.17, 15) is 27.6 Å². The fraction of sp³-hybridized carbons (Fsp3) is 0.812. The van der Waals surface area contributed by atoms with Crippen molar-refractivity contribution in [2.45, 2.75) is 52.4 Å². The third kappa shape index (κ3) is 3.59. The molecule has 0 bridgehead atoms. The van der Waals surface area contributed by atoms with Crippen LogP contribution >= 0.6 is 0 Å². The van der Waals surface area contributed by atoms with Gasteiger partial charge in [-0.1, -0.05) is 20.8 Å². The van der Waals surface area contributed by atoms with Gasteiger partial charge in [-0.25, -0.2) is 0 Å². The van der Waals surface area contributed by atoms with E-state index in [1.807, 2.05) is 13.8 Å². The summed E-state index contributed by atoms with van der Waals surface area (Å²) < 4.78 is 38.6. The Kier molecular flexibility index (Phi) is 4.82. The number of piperidine rings is 1. The molecule has 0 radical (unpaired) electrons. The number of nitrogens with zero attached hydrogens (tertiary/aromatic N) is 1. The summed E-state index contributed by atoms with van der Waals surface area (Å²) in [6.07, 6.45) is -5.06. The molecule has 4 unspecified atom stereocenters. The van der Waals surface area contributed by atoms with Gasteiger partial charge in [-0.15, -0.1) is 0 Å². The van der Waals surface area contributed by atoms with E-state index in [-0.39, 0.29) is 23.8 Å². The summed E-state index contributed by atoms with van der Waals surface area (Å²) in [4.78, 5) is 37.2. The average Bonchev–Trinajstić information content (AvgIpc) is 2.84. The molecular weight excluding hydrogens is 339 g/mol. The molecule has 0 spiro atoms. The van der Waals surface area contributed by atoms with Gasteiger partial charge in [0, 0.05) is 13.5 Å². The highest BCUT2D eigenvalue weighted by atomic mass is 19.4. The summed E-state index contributed by atoms with van der Waals surface area (Å²) >= 11 is 0. The first-order valence-corrected chi connectivity index (χ1v) is 8.22. The molecule has 0 aromatic rings. The monoisotopic (exact) mass is 363 g/mol. The molecule has 9 heteroatoms. The van der Waals surface area contributed by atoms with Crippen LogP contribution in [0.3, 0.4) is 0 Å². The zero-order valence-electron chi connectivity index (χ0n) is 14.7. The molecule has 142 valence electrons. The number of fused-ring (bicyclic) bond motifs is 1. The number of alkyl halides is 3. The van der Waals surface area contributed by atoms with Crippen LogP contribution in [0.1, 0.15) is 34.1 Å². The molecule has 1 saturated carbocycles. The van der Waals surface area contributed by atoms with Crippen molar-refractivity contribution in [2.75, 3.05) is 6.54 Å². The molecule has 0 aromatic heterocycles. The van der Waals surface area contributed by atoms with Crippen molar-refractivity contribution in [3.63, 3.8) is 0 Å². The average molecular weight is 363 g/mol. The molecule has 6 nitrogen and oxygen atoms in total. The summed E-state index contributed by atoms with van der Waals surface area (Å²) in [5.74, 6) is -3.73. The van der Waals surface area contributed by atoms with E-state index in [1.165, 1.54) is 4.90 Å². The Bertz CT molecular complexity index is 591. The number of nitrogens with one attached hydrogen (secondary N) is 1. The number of likely N-dealkylation sites (tertiary alicyclic amines) is 1. The van der Waals surface area contributed by atoms with E-state index in [4.69, 9.17) is 5.73 Å². The summed E-state index contributed by atoms with van der Waals surface area (Å²) in [6.45, 7) is 6.29. The largest absolute Gasteiger partial charge is 0.391 e. The fourth-order valence-electron chi connectivity index (χ4n) is 3.99. The highest BCUT2D eigenvalue weighted by Crippen LogP contribution is 2.64. The molecule has 1 aliphatic carbocycles. The van der Waals surface area contributed by atoms with Gasteiger partial charge in [0.05, 0.1) is 5.92 Å². The predicted octanol–water partition coefficient (Wildman–Crippen LogP) is 1.05. The van der Waals surface area contributed by atoms with E-state index in [0.29, 0.717) is 0 Å². The number of carbonyl (C=O) groups is 3. The molecule has 5 atom stereocenters. The number of carbonyl (C=O) groups excluding carboxylic acids is 3. The minimum Gasteiger partial charge on any atom is -0.368 e. The third-order valence-electron chi connectivity index (χ3n) is 5.61. The van der Waals surface area contributed by atoms with E-state index in [1.54, 1.807) is 0 Å². The molecule has 0 aromatic carbocycles. The summed E-state index contributed by atoms with van der Waals surface area (Å²) in [7, 11) is 0. The minimum atomic E-state index is -4.48. The first kappa shape index (κ1) is 19.5. The van der Waals surface area contributed by atoms with Gasteiger partial charge in [0.1, 0.15) is 12.1 Å². The lowest BCUT2D eigenvalue weighted by atomic mass is 9.97. The number of rotatable bonds is 5. The highest BCUT2D eigenvalue weighted by Gasteiger charge is 2.69. The smallest absolute Gasteiger partial charge is 0.368 e. The van der Waals surface area contributed by atoms with E-state index < -0.39 is 48.3 Å². The quantitative estimate of drug-likeness (QED) is 0.765. The molecule has 1 aliphatic heterocycles. The summed E-state index contributed by atoms with van der Waals surface area (Å²) in [6, 6.07) is -2.18. The predicted molar refractivity (Wildman–Crippen MR) is 82.9 cm³/mol. The van der Waals surface area contributed by atoms with Crippen LogP contribution in [0.25, 0.3) is 0 Å². The van der Waals surface area contributed by atoms with Gasteiger partial charge in [-0.3, -0.25) is 14.4 Å². The standard InChI is InChI=1S/C16H24F3N3O3/c1-7(16(17,18)19)5-10(21-8(2)23)14(25)22-6-9-11(15(9,3)4)12(22)13(20)24/h7,9-12H,5-6H2,1-4H3,(H2,20,24)(H,21,23)/t7?,9?,10?,11?,12-/m0/s1. The first-order chi connectivity index (χ1) is 11.3. The van der Waals surface area contributed by atoms with Gasteiger partial charge < -0.3 is 16.0 Å². The fourth-order valence-corrected chi connectivity index (χ4v) is 3.99. The first-order valence-electron chi connectivity index (χ1n) is 8.22. The van der Waals surface area contributed by atoms with Gasteiger partial charge in [0.2, 0.25) is 17.7 Å². The Morgan fingerprint density at radius 2 is 1.88 bits per heavy atom. The number of hydrogen-bond donors (Lipinski definition) is 2. The topological polar surface area (TPSA) is 92.5 Å². The highest BCUT2D eigenvalue weighted by molar-refractivity contribution is 5.92. The molecular formula is C16H24F3N3O3. The number of hydrogen-bond acceptors (Lipinski definition) is 3. The van der Waals surface area contributed by atoms with Crippen LogP contribution in [-0.2, 0) is 14.4 Å². The van der Waals surface area contributed by atoms with Crippen LogP contribution < -0.4 is 11.1 Å². The second-order valence-corrected chi connectivity index (χ2v) is 7.72. The maximum atomic E-state index is 12.9. The lowest BCUT2D eigenvalue weighted by molar-refractivity contribution is -0.174. The van der Waals surface area contributed by atoms with Gasteiger partial charge >= 0.3 is 6.18 Å². The van der Waals surface area contributed by atoms with Crippen molar-refractivity contribution in [3.05, 3.63) is 0 Å². The second kappa shape index (κ2) is 6.17. The number of halogens is 3. The zero-order chi connectivity index (χ0) is 19.3. The third-order valence-corrected chi connectivity index (χ3v) is 5.61. The Morgan fingerprint density at radius 1 is 1.32 bits per heavy atom. The lowest BCUT2D eigenvalue weighted by Crippen LogP contribution is -2.55. The molecule has 2 aliphatic rings. The van der Waals surface area contributed by atoms with Gasteiger partial charge in [0.25, 0.3) is 0 Å². The van der Waals surface area contributed by atoms with Crippen LogP contribution in [0.5, 0.6) is 0 Å². The van der Waals surface area contributed by atoms with E-state index >= 15 is 0 Å². The minimum absolute atomic E-state index is 0.0898. The normalized spacial score (nSPS) is 29.6. The molecule has 1 heterocycles. The van der Waals surface area contributed by atoms with Crippen LogP contribution in [0.2, 0.25) is 0 Å². The molecule has 1 saturated heterocycles. The van der Waals surface area contributed by atoms with Crippen molar-refractivity contribution >= 4 is 17.7 Å². The van der Waals surface area contributed by atoms with Crippen molar-refractivity contribution in [1.82, 2.24) is 10.2 Å². The number of amides is 3. The molecule has 25 heavy (non-hydrogen) atoms. The van der Waals surface area contributed by atoms with Crippen molar-refractivity contribution in [3.8, 4) is 0 Å². The van der Waals surface area contributed by atoms with E-state index in [0.717, 1.165) is 13.8 Å². The van der Waals surface area contributed by atoms with Crippen molar-refractivity contribution in [1.29, 1.82) is 0 Å². The van der Waals surface area contributed by atoms with Crippen molar-refractivity contribution < 1.29 is 27.6 Å². The Hall–Kier alpha value is -1.80. The molecule has 3 N–H and O–H groups in total. The Morgan fingerprint density at radius 3 is 2.32 bits per heavy atom. The van der Waals surface area contributed by atoms with Crippen LogP contribution in [0.4, 0.5) is 13.2 Å². The lowest BCUT2D eigenvalue weighted by Gasteiger charge is -2.33. The Labute approximate surface area is 144 Å². The summed E-state index contributed by atoms with van der Waals surface area (Å²) in [5, 5.41) is 2.29. The SMILES string of the molecule is CC(=O)NC(CC(C)C(F)(F)F)C(=O)N1CC2C([C@H]1C(N)=O)C2(C)C. The maximum absolute atomic E-state index is 12.9. The van der Waals surface area contributed by atoms with Crippen molar-refractivity contribution in [2.24, 2.45) is 28.9 Å². The molecule has 2 rings (SSSR count). The van der Waals surface area contributed by atoms with Gasteiger partial charge in [0.15, 0.2) is 0 Å². The number of nitrogens with two attached hydrogens (primary N) is 1.